The molecule has 21 heavy (non-hydrogen) atoms. The zero-order valence-corrected chi connectivity index (χ0v) is 11.4. The number of amides is 1. The number of nitrogens with zero attached hydrogens (tertiary/aromatic N) is 1. The Morgan fingerprint density at radius 1 is 1.48 bits per heavy atom. The van der Waals surface area contributed by atoms with Crippen molar-refractivity contribution in [1.29, 1.82) is 0 Å². The molecule has 1 aliphatic rings. The van der Waals surface area contributed by atoms with Crippen molar-refractivity contribution < 1.29 is 19.4 Å². The van der Waals surface area contributed by atoms with Gasteiger partial charge in [-0.3, -0.25) is 9.59 Å². The first-order valence-electron chi connectivity index (χ1n) is 6.48. The Hall–Kier alpha value is -2.74. The van der Waals surface area contributed by atoms with Gasteiger partial charge in [0.25, 0.3) is 0 Å². The molecule has 0 atom stereocenters. The van der Waals surface area contributed by atoms with Crippen LogP contribution in [0.2, 0.25) is 0 Å². The number of ether oxygens (including phenoxy) is 1. The molecule has 1 aromatic rings. The molecular formula is C16H15NO4. The van der Waals surface area contributed by atoms with Crippen LogP contribution in [0.5, 0.6) is 5.75 Å². The van der Waals surface area contributed by atoms with Crippen LogP contribution in [0.3, 0.4) is 0 Å². The van der Waals surface area contributed by atoms with Crippen molar-refractivity contribution in [2.45, 2.75) is 6.42 Å². The molecule has 5 heteroatoms. The Labute approximate surface area is 122 Å². The first-order valence-corrected chi connectivity index (χ1v) is 6.48. The summed E-state index contributed by atoms with van der Waals surface area (Å²) in [5.41, 5.74) is 1.97. The maximum Gasteiger partial charge on any atom is 0.323 e. The van der Waals surface area contributed by atoms with Gasteiger partial charge >= 0.3 is 5.97 Å². The maximum atomic E-state index is 11.9. The van der Waals surface area contributed by atoms with Crippen LogP contribution in [-0.2, 0) is 16.0 Å². The van der Waals surface area contributed by atoms with Crippen LogP contribution in [0.1, 0.15) is 11.1 Å². The first kappa shape index (κ1) is 14.7. The summed E-state index contributed by atoms with van der Waals surface area (Å²) in [6, 6.07) is 5.66. The highest BCUT2D eigenvalue weighted by atomic mass is 16.5. The standard InChI is InChI=1S/C16H15NO4/c1-2-8-17(11-16(19)20)15(18)6-4-12-3-5-14-13(10-12)7-9-21-14/h1,3-6,10H,7-9,11H2,(H,19,20). The summed E-state index contributed by atoms with van der Waals surface area (Å²) in [4.78, 5) is 23.7. The molecule has 5 nitrogen and oxygen atoms in total. The van der Waals surface area contributed by atoms with E-state index in [-0.39, 0.29) is 6.54 Å². The highest BCUT2D eigenvalue weighted by molar-refractivity contribution is 5.93. The summed E-state index contributed by atoms with van der Waals surface area (Å²) in [6.07, 6.45) is 8.97. The first-order chi connectivity index (χ1) is 10.1. The fraction of sp³-hybridized carbons (Fsp3) is 0.250. The molecule has 1 aliphatic heterocycles. The van der Waals surface area contributed by atoms with Gasteiger partial charge in [0.05, 0.1) is 13.2 Å². The van der Waals surface area contributed by atoms with Crippen LogP contribution in [0.25, 0.3) is 6.08 Å². The number of carbonyl (C=O) groups excluding carboxylic acids is 1. The smallest absolute Gasteiger partial charge is 0.323 e. The number of fused-ring (bicyclic) bond motifs is 1. The van der Waals surface area contributed by atoms with Crippen molar-refractivity contribution >= 4 is 18.0 Å². The van der Waals surface area contributed by atoms with Gasteiger partial charge in [-0.05, 0) is 29.3 Å². The summed E-state index contributed by atoms with van der Waals surface area (Å²) in [5.74, 6) is 1.63. The number of hydrogen-bond donors (Lipinski definition) is 1. The third-order valence-corrected chi connectivity index (χ3v) is 3.05. The normalized spacial score (nSPS) is 12.5. The fourth-order valence-corrected chi connectivity index (χ4v) is 2.07. The van der Waals surface area contributed by atoms with Crippen LogP contribution < -0.4 is 4.74 Å². The Morgan fingerprint density at radius 2 is 2.29 bits per heavy atom. The van der Waals surface area contributed by atoms with Crippen LogP contribution in [0.4, 0.5) is 0 Å². The average molecular weight is 285 g/mol. The molecular weight excluding hydrogens is 270 g/mol. The lowest BCUT2D eigenvalue weighted by atomic mass is 10.1. The highest BCUT2D eigenvalue weighted by Gasteiger charge is 2.14. The molecule has 1 heterocycles. The number of benzene rings is 1. The SMILES string of the molecule is C#CCN(CC(=O)O)C(=O)C=Cc1ccc2c(c1)CCO2. The molecule has 0 aliphatic carbocycles. The minimum absolute atomic E-state index is 0.0342. The molecule has 1 N–H and O–H groups in total. The van der Waals surface area contributed by atoms with Gasteiger partial charge in [0.2, 0.25) is 5.91 Å². The quantitative estimate of drug-likeness (QED) is 0.651. The van der Waals surface area contributed by atoms with E-state index >= 15 is 0 Å². The lowest BCUT2D eigenvalue weighted by Gasteiger charge is -2.15. The van der Waals surface area contributed by atoms with E-state index in [1.165, 1.54) is 6.08 Å². The van der Waals surface area contributed by atoms with Gasteiger partial charge in [0.15, 0.2) is 0 Å². The van der Waals surface area contributed by atoms with E-state index in [4.69, 9.17) is 16.3 Å². The van der Waals surface area contributed by atoms with E-state index < -0.39 is 18.4 Å². The molecule has 1 aromatic carbocycles. The lowest BCUT2D eigenvalue weighted by molar-refractivity contribution is -0.142. The third kappa shape index (κ3) is 3.86. The van der Waals surface area contributed by atoms with Crippen molar-refractivity contribution in [3.63, 3.8) is 0 Å². The van der Waals surface area contributed by atoms with Crippen molar-refractivity contribution in [3.05, 3.63) is 35.4 Å². The van der Waals surface area contributed by atoms with Gasteiger partial charge in [-0.25, -0.2) is 0 Å². The van der Waals surface area contributed by atoms with Gasteiger partial charge in [-0.1, -0.05) is 12.0 Å². The maximum absolute atomic E-state index is 11.9. The third-order valence-electron chi connectivity index (χ3n) is 3.05. The van der Waals surface area contributed by atoms with E-state index in [0.717, 1.165) is 28.2 Å². The Morgan fingerprint density at radius 3 is 3.00 bits per heavy atom. The zero-order valence-electron chi connectivity index (χ0n) is 11.4. The highest BCUT2D eigenvalue weighted by Crippen LogP contribution is 2.26. The Balaban J connectivity index is 2.06. The van der Waals surface area contributed by atoms with Gasteiger partial charge in [-0.2, -0.15) is 0 Å². The van der Waals surface area contributed by atoms with Crippen LogP contribution >= 0.6 is 0 Å². The van der Waals surface area contributed by atoms with E-state index in [9.17, 15) is 9.59 Å². The summed E-state index contributed by atoms with van der Waals surface area (Å²) < 4.78 is 5.41. The second-order valence-corrected chi connectivity index (χ2v) is 4.59. The number of terminal acetylenes is 1. The largest absolute Gasteiger partial charge is 0.493 e. The van der Waals surface area contributed by atoms with Crippen molar-refractivity contribution in [2.24, 2.45) is 0 Å². The van der Waals surface area contributed by atoms with Crippen LogP contribution in [0, 0.1) is 12.3 Å². The van der Waals surface area contributed by atoms with Crippen molar-refractivity contribution in [2.75, 3.05) is 19.7 Å². The molecule has 108 valence electrons. The van der Waals surface area contributed by atoms with Crippen molar-refractivity contribution in [3.8, 4) is 18.1 Å². The molecule has 0 unspecified atom stereocenters. The van der Waals surface area contributed by atoms with E-state index in [2.05, 4.69) is 5.92 Å². The molecule has 0 radical (unpaired) electrons. The average Bonchev–Trinajstić information content (AvgIpc) is 2.91. The second-order valence-electron chi connectivity index (χ2n) is 4.59. The van der Waals surface area contributed by atoms with E-state index in [1.807, 2.05) is 18.2 Å². The Kier molecular flexibility index (Phi) is 4.62. The summed E-state index contributed by atoms with van der Waals surface area (Å²) in [6.45, 7) is 0.231. The van der Waals surface area contributed by atoms with Crippen LogP contribution in [-0.4, -0.2) is 41.6 Å². The molecule has 0 bridgehead atoms. The Bertz CT molecular complexity index is 628. The molecule has 0 aromatic heterocycles. The second kappa shape index (κ2) is 6.62. The molecule has 0 fully saturated rings. The molecule has 0 spiro atoms. The van der Waals surface area contributed by atoms with Gasteiger partial charge in [0, 0.05) is 12.5 Å². The predicted molar refractivity (Wildman–Crippen MR) is 77.7 cm³/mol. The van der Waals surface area contributed by atoms with Gasteiger partial charge in [-0.15, -0.1) is 6.42 Å². The monoisotopic (exact) mass is 285 g/mol. The summed E-state index contributed by atoms with van der Waals surface area (Å²) >= 11 is 0. The van der Waals surface area contributed by atoms with Crippen LogP contribution in [0.15, 0.2) is 24.3 Å². The number of hydrogen-bond acceptors (Lipinski definition) is 3. The van der Waals surface area contributed by atoms with Gasteiger partial charge < -0.3 is 14.7 Å². The lowest BCUT2D eigenvalue weighted by Crippen LogP contribution is -2.34. The number of aliphatic carboxylic acids is 1. The number of carbonyl (C=O) groups is 2. The predicted octanol–water partition coefficient (Wildman–Crippen LogP) is 1.18. The number of rotatable bonds is 5. The van der Waals surface area contributed by atoms with Crippen molar-refractivity contribution in [1.82, 2.24) is 4.90 Å². The minimum atomic E-state index is -1.10. The number of carboxylic acids is 1. The zero-order chi connectivity index (χ0) is 15.2. The summed E-state index contributed by atoms with van der Waals surface area (Å²) in [7, 11) is 0. The fourth-order valence-electron chi connectivity index (χ4n) is 2.07. The minimum Gasteiger partial charge on any atom is -0.493 e. The van der Waals surface area contributed by atoms with Gasteiger partial charge in [0.1, 0.15) is 12.3 Å². The molecule has 2 rings (SSSR count). The molecule has 0 saturated carbocycles. The summed E-state index contributed by atoms with van der Waals surface area (Å²) in [5, 5.41) is 8.75. The van der Waals surface area contributed by atoms with E-state index in [1.54, 1.807) is 6.08 Å². The number of carboxylic acid groups (broad SMARTS) is 1. The van der Waals surface area contributed by atoms with E-state index in [0.29, 0.717) is 6.61 Å². The topological polar surface area (TPSA) is 66.8 Å². The molecule has 0 saturated heterocycles. The molecule has 1 amide bonds.